The van der Waals surface area contributed by atoms with Gasteiger partial charge >= 0.3 is 5.97 Å². The highest BCUT2D eigenvalue weighted by Crippen LogP contribution is 2.34. The highest BCUT2D eigenvalue weighted by molar-refractivity contribution is 6.21. The number of benzene rings is 2. The zero-order valence-corrected chi connectivity index (χ0v) is 16.8. The van der Waals surface area contributed by atoms with Crippen molar-refractivity contribution < 1.29 is 33.4 Å². The molecule has 9 nitrogen and oxygen atoms in total. The Labute approximate surface area is 177 Å². The molecule has 0 saturated heterocycles. The molecule has 0 aromatic heterocycles. The van der Waals surface area contributed by atoms with Crippen molar-refractivity contribution >= 4 is 29.4 Å². The molecule has 160 valence electrons. The van der Waals surface area contributed by atoms with E-state index in [0.29, 0.717) is 28.3 Å². The van der Waals surface area contributed by atoms with Crippen LogP contribution in [0.4, 0.5) is 5.69 Å². The molecule has 1 atom stereocenters. The monoisotopic (exact) mass is 424 g/mol. The molecular formula is C22H20N2O7. The molecular weight excluding hydrogens is 404 g/mol. The van der Waals surface area contributed by atoms with Gasteiger partial charge in [-0.3, -0.25) is 24.1 Å². The third kappa shape index (κ3) is 4.20. The number of esters is 1. The Hall–Kier alpha value is -3.88. The first kappa shape index (κ1) is 20.4. The second-order valence-electron chi connectivity index (χ2n) is 7.10. The SMILES string of the molecule is C[C@H](OC(=O)CCCN1C(=O)c2ccccc2C1=O)C(=O)Nc1ccc2c(c1)OCO2. The van der Waals surface area contributed by atoms with Crippen LogP contribution in [0.3, 0.4) is 0 Å². The lowest BCUT2D eigenvalue weighted by Crippen LogP contribution is -2.32. The van der Waals surface area contributed by atoms with Crippen molar-refractivity contribution in [3.8, 4) is 11.5 Å². The minimum Gasteiger partial charge on any atom is -0.454 e. The molecule has 0 saturated carbocycles. The predicted octanol–water partition coefficient (Wildman–Crippen LogP) is 2.36. The lowest BCUT2D eigenvalue weighted by molar-refractivity contribution is -0.153. The third-order valence-corrected chi connectivity index (χ3v) is 4.96. The summed E-state index contributed by atoms with van der Waals surface area (Å²) in [4.78, 5) is 50.1. The van der Waals surface area contributed by atoms with Crippen LogP contribution in [0.5, 0.6) is 11.5 Å². The molecule has 9 heteroatoms. The number of fused-ring (bicyclic) bond motifs is 2. The van der Waals surface area contributed by atoms with Gasteiger partial charge in [-0.2, -0.15) is 0 Å². The van der Waals surface area contributed by atoms with Gasteiger partial charge in [0, 0.05) is 24.7 Å². The number of carbonyl (C=O) groups excluding carboxylic acids is 4. The summed E-state index contributed by atoms with van der Waals surface area (Å²) in [6.45, 7) is 1.69. The van der Waals surface area contributed by atoms with E-state index in [-0.39, 0.29) is 38.0 Å². The lowest BCUT2D eigenvalue weighted by Gasteiger charge is -2.15. The van der Waals surface area contributed by atoms with Crippen LogP contribution in [-0.2, 0) is 14.3 Å². The predicted molar refractivity (Wildman–Crippen MR) is 108 cm³/mol. The van der Waals surface area contributed by atoms with E-state index in [9.17, 15) is 19.2 Å². The van der Waals surface area contributed by atoms with Crippen LogP contribution < -0.4 is 14.8 Å². The Balaban J connectivity index is 1.23. The Bertz CT molecular complexity index is 1030. The molecule has 4 rings (SSSR count). The van der Waals surface area contributed by atoms with Gasteiger partial charge in [0.1, 0.15) is 0 Å². The number of carbonyl (C=O) groups is 4. The quantitative estimate of drug-likeness (QED) is 0.536. The van der Waals surface area contributed by atoms with E-state index in [4.69, 9.17) is 14.2 Å². The first-order chi connectivity index (χ1) is 14.9. The van der Waals surface area contributed by atoms with Gasteiger partial charge < -0.3 is 19.5 Å². The summed E-state index contributed by atoms with van der Waals surface area (Å²) < 4.78 is 15.6. The molecule has 3 amide bonds. The van der Waals surface area contributed by atoms with E-state index in [1.54, 1.807) is 42.5 Å². The van der Waals surface area contributed by atoms with Gasteiger partial charge in [0.15, 0.2) is 17.6 Å². The summed E-state index contributed by atoms with van der Waals surface area (Å²) in [6, 6.07) is 11.5. The van der Waals surface area contributed by atoms with Crippen molar-refractivity contribution in [2.75, 3.05) is 18.7 Å². The van der Waals surface area contributed by atoms with Crippen LogP contribution in [0.1, 0.15) is 40.5 Å². The van der Waals surface area contributed by atoms with E-state index in [1.807, 2.05) is 0 Å². The summed E-state index contributed by atoms with van der Waals surface area (Å²) in [5.41, 5.74) is 1.22. The van der Waals surface area contributed by atoms with Crippen molar-refractivity contribution in [1.82, 2.24) is 4.90 Å². The fraction of sp³-hybridized carbons (Fsp3) is 0.273. The Kier molecular flexibility index (Phi) is 5.57. The second-order valence-corrected chi connectivity index (χ2v) is 7.10. The number of ether oxygens (including phenoxy) is 3. The van der Waals surface area contributed by atoms with Crippen molar-refractivity contribution in [1.29, 1.82) is 0 Å². The number of hydrogen-bond acceptors (Lipinski definition) is 7. The maximum atomic E-state index is 12.3. The lowest BCUT2D eigenvalue weighted by atomic mass is 10.1. The maximum Gasteiger partial charge on any atom is 0.306 e. The molecule has 0 aliphatic carbocycles. The van der Waals surface area contributed by atoms with Gasteiger partial charge in [0.25, 0.3) is 17.7 Å². The molecule has 2 heterocycles. The molecule has 0 bridgehead atoms. The zero-order chi connectivity index (χ0) is 22.0. The molecule has 0 fully saturated rings. The first-order valence-corrected chi connectivity index (χ1v) is 9.79. The fourth-order valence-corrected chi connectivity index (χ4v) is 3.35. The zero-order valence-electron chi connectivity index (χ0n) is 16.8. The molecule has 0 radical (unpaired) electrons. The average Bonchev–Trinajstić information content (AvgIpc) is 3.32. The Morgan fingerprint density at radius 3 is 2.45 bits per heavy atom. The molecule has 1 N–H and O–H groups in total. The van der Waals surface area contributed by atoms with Gasteiger partial charge in [0.2, 0.25) is 6.79 Å². The van der Waals surface area contributed by atoms with Gasteiger partial charge in [-0.25, -0.2) is 0 Å². The molecule has 2 aromatic carbocycles. The number of imide groups is 1. The summed E-state index contributed by atoms with van der Waals surface area (Å²) in [6.07, 6.45) is -0.812. The van der Waals surface area contributed by atoms with Gasteiger partial charge in [-0.1, -0.05) is 12.1 Å². The van der Waals surface area contributed by atoms with E-state index in [0.717, 1.165) is 4.90 Å². The highest BCUT2D eigenvalue weighted by Gasteiger charge is 2.34. The number of hydrogen-bond donors (Lipinski definition) is 1. The summed E-state index contributed by atoms with van der Waals surface area (Å²) in [5, 5.41) is 2.65. The Morgan fingerprint density at radius 1 is 1.06 bits per heavy atom. The van der Waals surface area contributed by atoms with E-state index < -0.39 is 18.0 Å². The minimum absolute atomic E-state index is 0.0327. The minimum atomic E-state index is -1.02. The van der Waals surface area contributed by atoms with Crippen molar-refractivity contribution in [2.24, 2.45) is 0 Å². The smallest absolute Gasteiger partial charge is 0.306 e. The normalized spacial score (nSPS) is 14.9. The highest BCUT2D eigenvalue weighted by atomic mass is 16.7. The standard InChI is InChI=1S/C22H20N2O7/c1-13(20(26)23-14-8-9-17-18(11-14)30-12-29-17)31-19(25)7-4-10-24-21(27)15-5-2-3-6-16(15)22(24)28/h2-3,5-6,8-9,11,13H,4,7,10,12H2,1H3,(H,23,26)/t13-/m0/s1. The van der Waals surface area contributed by atoms with E-state index in [2.05, 4.69) is 5.32 Å². The first-order valence-electron chi connectivity index (χ1n) is 9.79. The van der Waals surface area contributed by atoms with Crippen molar-refractivity contribution in [2.45, 2.75) is 25.9 Å². The molecule has 2 aliphatic heterocycles. The van der Waals surface area contributed by atoms with E-state index >= 15 is 0 Å². The number of nitrogens with zero attached hydrogens (tertiary/aromatic N) is 1. The number of amides is 3. The van der Waals surface area contributed by atoms with Crippen molar-refractivity contribution in [3.63, 3.8) is 0 Å². The Morgan fingerprint density at radius 2 is 1.74 bits per heavy atom. The topological polar surface area (TPSA) is 111 Å². The van der Waals surface area contributed by atoms with Crippen LogP contribution in [-0.4, -0.2) is 48.0 Å². The molecule has 2 aliphatic rings. The van der Waals surface area contributed by atoms with Crippen LogP contribution in [0.15, 0.2) is 42.5 Å². The molecule has 2 aromatic rings. The van der Waals surface area contributed by atoms with Crippen LogP contribution in [0.2, 0.25) is 0 Å². The summed E-state index contributed by atoms with van der Waals surface area (Å²) in [5.74, 6) is -0.709. The van der Waals surface area contributed by atoms with Gasteiger partial charge in [-0.15, -0.1) is 0 Å². The van der Waals surface area contributed by atoms with Crippen LogP contribution >= 0.6 is 0 Å². The van der Waals surface area contributed by atoms with Crippen LogP contribution in [0, 0.1) is 0 Å². The van der Waals surface area contributed by atoms with E-state index in [1.165, 1.54) is 6.92 Å². The third-order valence-electron chi connectivity index (χ3n) is 4.96. The number of rotatable bonds is 7. The molecule has 0 unspecified atom stereocenters. The fourth-order valence-electron chi connectivity index (χ4n) is 3.35. The number of nitrogens with one attached hydrogen (secondary N) is 1. The number of anilines is 1. The largest absolute Gasteiger partial charge is 0.454 e. The molecule has 0 spiro atoms. The van der Waals surface area contributed by atoms with Gasteiger partial charge in [0.05, 0.1) is 11.1 Å². The summed E-state index contributed by atoms with van der Waals surface area (Å²) in [7, 11) is 0. The molecule has 31 heavy (non-hydrogen) atoms. The van der Waals surface area contributed by atoms with Gasteiger partial charge in [-0.05, 0) is 37.6 Å². The second kappa shape index (κ2) is 8.47. The maximum absolute atomic E-state index is 12.3. The summed E-state index contributed by atoms with van der Waals surface area (Å²) >= 11 is 0. The average molecular weight is 424 g/mol. The van der Waals surface area contributed by atoms with Crippen molar-refractivity contribution in [3.05, 3.63) is 53.6 Å². The van der Waals surface area contributed by atoms with Crippen LogP contribution in [0.25, 0.3) is 0 Å².